The SMILES string of the molecule is COc1cncc(Nc2ncc(C)c(Nc3cccc(C(=O)/C=C/CN(C)C)c3)n2)c1. The average Bonchev–Trinajstić information content (AvgIpc) is 2.76. The molecular weight excluding hydrogens is 392 g/mol. The number of anilines is 4. The second kappa shape index (κ2) is 10.3. The molecule has 3 rings (SSSR count). The van der Waals surface area contributed by atoms with Crippen LogP contribution in [0.1, 0.15) is 15.9 Å². The predicted molar refractivity (Wildman–Crippen MR) is 123 cm³/mol. The summed E-state index contributed by atoms with van der Waals surface area (Å²) in [5.41, 5.74) is 2.96. The molecule has 0 saturated heterocycles. The number of aromatic nitrogens is 3. The van der Waals surface area contributed by atoms with Crippen LogP contribution in [-0.2, 0) is 0 Å². The summed E-state index contributed by atoms with van der Waals surface area (Å²) >= 11 is 0. The normalized spacial score (nSPS) is 11.0. The second-order valence-electron chi connectivity index (χ2n) is 7.20. The number of carbonyl (C=O) groups excluding carboxylic acids is 1. The van der Waals surface area contributed by atoms with Crippen molar-refractivity contribution in [3.05, 3.63) is 72.2 Å². The van der Waals surface area contributed by atoms with Crippen LogP contribution in [0, 0.1) is 6.92 Å². The zero-order chi connectivity index (χ0) is 22.2. The van der Waals surface area contributed by atoms with E-state index in [9.17, 15) is 4.79 Å². The standard InChI is InChI=1S/C23H26N6O2/c1-16-13-25-23(27-19-12-20(31-4)15-24-14-19)28-22(16)26-18-8-5-7-17(11-18)21(30)9-6-10-29(2)3/h5-9,11-15H,10H2,1-4H3,(H2,25,26,27,28)/b9-6+. The Morgan fingerprint density at radius 1 is 1.13 bits per heavy atom. The first kappa shape index (κ1) is 21.9. The highest BCUT2D eigenvalue weighted by Gasteiger charge is 2.08. The Bertz CT molecular complexity index is 1080. The molecule has 0 saturated carbocycles. The third-order valence-corrected chi connectivity index (χ3v) is 4.33. The summed E-state index contributed by atoms with van der Waals surface area (Å²) in [7, 11) is 5.50. The molecule has 0 radical (unpaired) electrons. The molecule has 0 bridgehead atoms. The molecule has 0 amide bonds. The van der Waals surface area contributed by atoms with E-state index >= 15 is 0 Å². The zero-order valence-electron chi connectivity index (χ0n) is 18.1. The molecule has 2 heterocycles. The minimum Gasteiger partial charge on any atom is -0.495 e. The number of methoxy groups -OCH3 is 1. The number of pyridine rings is 1. The number of aryl methyl sites for hydroxylation is 1. The molecule has 31 heavy (non-hydrogen) atoms. The Balaban J connectivity index is 1.75. The van der Waals surface area contributed by atoms with E-state index in [-0.39, 0.29) is 5.78 Å². The van der Waals surface area contributed by atoms with Crippen LogP contribution in [0.4, 0.5) is 23.1 Å². The van der Waals surface area contributed by atoms with Crippen molar-refractivity contribution in [3.8, 4) is 5.75 Å². The van der Waals surface area contributed by atoms with Crippen molar-refractivity contribution in [2.45, 2.75) is 6.92 Å². The van der Waals surface area contributed by atoms with Crippen molar-refractivity contribution in [3.63, 3.8) is 0 Å². The van der Waals surface area contributed by atoms with Crippen molar-refractivity contribution in [2.75, 3.05) is 38.4 Å². The lowest BCUT2D eigenvalue weighted by molar-refractivity contribution is 0.104. The highest BCUT2D eigenvalue weighted by molar-refractivity contribution is 6.05. The Morgan fingerprint density at radius 2 is 1.97 bits per heavy atom. The number of hydrogen-bond acceptors (Lipinski definition) is 8. The summed E-state index contributed by atoms with van der Waals surface area (Å²) in [6.45, 7) is 2.63. The highest BCUT2D eigenvalue weighted by Crippen LogP contribution is 2.23. The van der Waals surface area contributed by atoms with Gasteiger partial charge in [-0.2, -0.15) is 4.98 Å². The number of hydrogen-bond donors (Lipinski definition) is 2. The topological polar surface area (TPSA) is 92.3 Å². The van der Waals surface area contributed by atoms with Crippen molar-refractivity contribution >= 4 is 28.9 Å². The van der Waals surface area contributed by atoms with Crippen molar-refractivity contribution in [1.29, 1.82) is 0 Å². The third kappa shape index (κ3) is 6.35. The van der Waals surface area contributed by atoms with E-state index in [0.717, 1.165) is 11.3 Å². The van der Waals surface area contributed by atoms with Crippen molar-refractivity contribution < 1.29 is 9.53 Å². The lowest BCUT2D eigenvalue weighted by Crippen LogP contribution is -2.11. The van der Waals surface area contributed by atoms with Crippen LogP contribution in [-0.4, -0.2) is 53.4 Å². The summed E-state index contributed by atoms with van der Waals surface area (Å²) in [6, 6.07) is 9.14. The summed E-state index contributed by atoms with van der Waals surface area (Å²) in [5, 5.41) is 6.40. The molecule has 2 N–H and O–H groups in total. The number of carbonyl (C=O) groups is 1. The highest BCUT2D eigenvalue weighted by atomic mass is 16.5. The van der Waals surface area contributed by atoms with Gasteiger partial charge in [-0.1, -0.05) is 18.2 Å². The number of allylic oxidation sites excluding steroid dienone is 1. The quantitative estimate of drug-likeness (QED) is 0.398. The Hall–Kier alpha value is -3.78. The number of nitrogens with zero attached hydrogens (tertiary/aromatic N) is 4. The van der Waals surface area contributed by atoms with Gasteiger partial charge in [-0.15, -0.1) is 0 Å². The predicted octanol–water partition coefficient (Wildman–Crippen LogP) is 3.98. The van der Waals surface area contributed by atoms with E-state index in [1.807, 2.05) is 56.3 Å². The van der Waals surface area contributed by atoms with Gasteiger partial charge < -0.3 is 20.3 Å². The molecule has 0 unspecified atom stereocenters. The second-order valence-corrected chi connectivity index (χ2v) is 7.20. The molecule has 0 aliphatic heterocycles. The molecule has 0 atom stereocenters. The van der Waals surface area contributed by atoms with Gasteiger partial charge >= 0.3 is 0 Å². The van der Waals surface area contributed by atoms with Crippen LogP contribution in [0.3, 0.4) is 0 Å². The first-order valence-corrected chi connectivity index (χ1v) is 9.77. The molecule has 0 spiro atoms. The molecule has 8 heteroatoms. The van der Waals surface area contributed by atoms with E-state index < -0.39 is 0 Å². The average molecular weight is 419 g/mol. The molecule has 2 aromatic heterocycles. The van der Waals surface area contributed by atoms with E-state index in [2.05, 4.69) is 25.6 Å². The molecule has 0 aliphatic rings. The van der Waals surface area contributed by atoms with Crippen LogP contribution in [0.25, 0.3) is 0 Å². The summed E-state index contributed by atoms with van der Waals surface area (Å²) in [5.74, 6) is 1.65. The fraction of sp³-hybridized carbons (Fsp3) is 0.217. The zero-order valence-corrected chi connectivity index (χ0v) is 18.1. The van der Waals surface area contributed by atoms with Crippen molar-refractivity contribution in [2.24, 2.45) is 0 Å². The summed E-state index contributed by atoms with van der Waals surface area (Å²) in [6.07, 6.45) is 8.46. The van der Waals surface area contributed by atoms with Gasteiger partial charge in [-0.05, 0) is 39.2 Å². The molecule has 160 valence electrons. The van der Waals surface area contributed by atoms with Gasteiger partial charge in [-0.25, -0.2) is 4.98 Å². The van der Waals surface area contributed by atoms with Crippen LogP contribution >= 0.6 is 0 Å². The van der Waals surface area contributed by atoms with Crippen molar-refractivity contribution in [1.82, 2.24) is 19.9 Å². The number of ether oxygens (including phenoxy) is 1. The number of likely N-dealkylation sites (N-methyl/N-ethyl adjacent to an activating group) is 1. The number of benzene rings is 1. The first-order chi connectivity index (χ1) is 14.9. The fourth-order valence-electron chi connectivity index (χ4n) is 2.71. The Labute approximate surface area is 182 Å². The Kier molecular flexibility index (Phi) is 7.29. The van der Waals surface area contributed by atoms with E-state index in [4.69, 9.17) is 4.74 Å². The van der Waals surface area contributed by atoms with Gasteiger partial charge in [0.1, 0.15) is 11.6 Å². The maximum absolute atomic E-state index is 12.4. The minimum absolute atomic E-state index is 0.0437. The molecule has 8 nitrogen and oxygen atoms in total. The number of ketones is 1. The first-order valence-electron chi connectivity index (χ1n) is 9.77. The van der Waals surface area contributed by atoms with E-state index in [0.29, 0.717) is 35.3 Å². The van der Waals surface area contributed by atoms with Crippen LogP contribution in [0.5, 0.6) is 5.75 Å². The van der Waals surface area contributed by atoms with Crippen LogP contribution in [0.15, 0.2) is 61.1 Å². The van der Waals surface area contributed by atoms with Crippen LogP contribution < -0.4 is 15.4 Å². The maximum atomic E-state index is 12.4. The summed E-state index contributed by atoms with van der Waals surface area (Å²) in [4.78, 5) is 27.4. The van der Waals surface area contributed by atoms with Gasteiger partial charge in [0, 0.05) is 35.6 Å². The van der Waals surface area contributed by atoms with Gasteiger partial charge in [0.05, 0.1) is 25.2 Å². The maximum Gasteiger partial charge on any atom is 0.229 e. The number of rotatable bonds is 9. The van der Waals surface area contributed by atoms with Gasteiger partial charge in [0.15, 0.2) is 5.78 Å². The lowest BCUT2D eigenvalue weighted by Gasteiger charge is -2.12. The summed E-state index contributed by atoms with van der Waals surface area (Å²) < 4.78 is 5.19. The van der Waals surface area contributed by atoms with Gasteiger partial charge in [-0.3, -0.25) is 9.78 Å². The molecular formula is C23H26N6O2. The molecule has 1 aromatic carbocycles. The van der Waals surface area contributed by atoms with Crippen LogP contribution in [0.2, 0.25) is 0 Å². The molecule has 0 aliphatic carbocycles. The van der Waals surface area contributed by atoms with E-state index in [1.165, 1.54) is 0 Å². The van der Waals surface area contributed by atoms with Gasteiger partial charge in [0.2, 0.25) is 5.95 Å². The fourth-order valence-corrected chi connectivity index (χ4v) is 2.71. The smallest absolute Gasteiger partial charge is 0.229 e. The molecule has 0 fully saturated rings. The van der Waals surface area contributed by atoms with Gasteiger partial charge in [0.25, 0.3) is 0 Å². The minimum atomic E-state index is -0.0437. The van der Waals surface area contributed by atoms with E-state index in [1.54, 1.807) is 37.8 Å². The molecule has 3 aromatic rings. The number of nitrogens with one attached hydrogen (secondary N) is 2. The largest absolute Gasteiger partial charge is 0.495 e. The monoisotopic (exact) mass is 418 g/mol. The Morgan fingerprint density at radius 3 is 2.74 bits per heavy atom. The lowest BCUT2D eigenvalue weighted by atomic mass is 10.1. The third-order valence-electron chi connectivity index (χ3n) is 4.33.